The molecule has 2 N–H and O–H groups in total. The van der Waals surface area contributed by atoms with Gasteiger partial charge in [0, 0.05) is 16.5 Å². The number of hydrogen-bond acceptors (Lipinski definition) is 4. The third-order valence-corrected chi connectivity index (χ3v) is 3.84. The summed E-state index contributed by atoms with van der Waals surface area (Å²) in [5.41, 5.74) is 2.49. The van der Waals surface area contributed by atoms with Gasteiger partial charge in [-0.15, -0.1) is 0 Å². The molecule has 0 unspecified atom stereocenters. The lowest BCUT2D eigenvalue weighted by molar-refractivity contribution is 0.606. The van der Waals surface area contributed by atoms with Crippen molar-refractivity contribution in [1.82, 2.24) is 4.98 Å². The van der Waals surface area contributed by atoms with Gasteiger partial charge in [-0.3, -0.25) is 4.72 Å². The molecule has 0 bridgehead atoms. The fourth-order valence-corrected chi connectivity index (χ4v) is 3.04. The van der Waals surface area contributed by atoms with Gasteiger partial charge in [-0.25, -0.2) is 13.4 Å². The van der Waals surface area contributed by atoms with E-state index < -0.39 is 10.0 Å². The van der Waals surface area contributed by atoms with Crippen LogP contribution in [0.2, 0.25) is 0 Å². The topological polar surface area (TPSA) is 71.1 Å². The Kier molecular flexibility index (Phi) is 4.84. The highest BCUT2D eigenvalue weighted by Gasteiger charge is 2.20. The number of hydrogen-bond donors (Lipinski definition) is 2. The molecule has 1 aromatic carbocycles. The van der Waals surface area contributed by atoms with E-state index in [2.05, 4.69) is 42.7 Å². The van der Waals surface area contributed by atoms with Crippen molar-refractivity contribution in [3.8, 4) is 0 Å². The SMILES string of the molecule is CCCc1c(NS(C)(=O)=O)nc2ccccc2c1NC(C)(C)C. The Bertz CT molecular complexity index is 808. The maximum Gasteiger partial charge on any atom is 0.230 e. The molecule has 2 aromatic rings. The van der Waals surface area contributed by atoms with Crippen LogP contribution in [0, 0.1) is 0 Å². The van der Waals surface area contributed by atoms with Crippen LogP contribution in [0.3, 0.4) is 0 Å². The Morgan fingerprint density at radius 1 is 1.17 bits per heavy atom. The molecule has 0 aliphatic heterocycles. The van der Waals surface area contributed by atoms with E-state index in [1.54, 1.807) is 0 Å². The molecular formula is C17H25N3O2S. The Hall–Kier alpha value is -1.82. The quantitative estimate of drug-likeness (QED) is 0.872. The average molecular weight is 335 g/mol. The second kappa shape index (κ2) is 6.35. The van der Waals surface area contributed by atoms with Gasteiger partial charge in [-0.05, 0) is 33.3 Å². The van der Waals surface area contributed by atoms with Gasteiger partial charge in [0.2, 0.25) is 10.0 Å². The number of para-hydroxylation sites is 1. The molecule has 6 heteroatoms. The number of nitrogens with zero attached hydrogens (tertiary/aromatic N) is 1. The summed E-state index contributed by atoms with van der Waals surface area (Å²) in [6.07, 6.45) is 2.79. The number of pyridine rings is 1. The highest BCUT2D eigenvalue weighted by Crippen LogP contribution is 2.34. The van der Waals surface area contributed by atoms with Crippen LogP contribution in [0.15, 0.2) is 24.3 Å². The van der Waals surface area contributed by atoms with Crippen LogP contribution >= 0.6 is 0 Å². The van der Waals surface area contributed by atoms with Crippen molar-refractivity contribution in [2.24, 2.45) is 0 Å². The molecule has 5 nitrogen and oxygen atoms in total. The standard InChI is InChI=1S/C17H25N3O2S/c1-6-9-13-15(19-17(2,3)4)12-10-7-8-11-14(12)18-16(13)20-23(5,21)22/h7-8,10-11H,6,9H2,1-5H3,(H2,18,19,20). The molecule has 23 heavy (non-hydrogen) atoms. The van der Waals surface area contributed by atoms with Crippen molar-refractivity contribution >= 4 is 32.4 Å². The van der Waals surface area contributed by atoms with Gasteiger partial charge < -0.3 is 5.32 Å². The minimum Gasteiger partial charge on any atom is -0.380 e. The predicted molar refractivity (Wildman–Crippen MR) is 97.6 cm³/mol. The second-order valence-corrected chi connectivity index (χ2v) is 8.58. The van der Waals surface area contributed by atoms with E-state index in [0.717, 1.165) is 41.3 Å². The first kappa shape index (κ1) is 17.5. The number of fused-ring (bicyclic) bond motifs is 1. The average Bonchev–Trinajstić information content (AvgIpc) is 2.39. The van der Waals surface area contributed by atoms with E-state index in [9.17, 15) is 8.42 Å². The number of sulfonamides is 1. The van der Waals surface area contributed by atoms with Crippen molar-refractivity contribution in [1.29, 1.82) is 0 Å². The first-order valence-electron chi connectivity index (χ1n) is 7.78. The fraction of sp³-hybridized carbons (Fsp3) is 0.471. The molecule has 1 aromatic heterocycles. The van der Waals surface area contributed by atoms with Crippen molar-refractivity contribution in [3.05, 3.63) is 29.8 Å². The zero-order chi connectivity index (χ0) is 17.3. The summed E-state index contributed by atoms with van der Waals surface area (Å²) in [6, 6.07) is 7.78. The maximum absolute atomic E-state index is 11.7. The summed E-state index contributed by atoms with van der Waals surface area (Å²) in [5, 5.41) is 4.53. The van der Waals surface area contributed by atoms with Gasteiger partial charge in [0.1, 0.15) is 5.82 Å². The molecule has 0 amide bonds. The predicted octanol–water partition coefficient (Wildman–Crippen LogP) is 3.77. The lowest BCUT2D eigenvalue weighted by atomic mass is 10.0. The van der Waals surface area contributed by atoms with Crippen molar-refractivity contribution in [3.63, 3.8) is 0 Å². The number of anilines is 2. The highest BCUT2D eigenvalue weighted by atomic mass is 32.2. The van der Waals surface area contributed by atoms with Crippen LogP contribution in [-0.4, -0.2) is 25.2 Å². The molecule has 2 rings (SSSR count). The van der Waals surface area contributed by atoms with Crippen LogP contribution < -0.4 is 10.0 Å². The number of aromatic nitrogens is 1. The molecule has 0 aliphatic carbocycles. The summed E-state index contributed by atoms with van der Waals surface area (Å²) in [7, 11) is -3.39. The molecule has 0 saturated heterocycles. The van der Waals surface area contributed by atoms with E-state index >= 15 is 0 Å². The molecule has 1 heterocycles. The van der Waals surface area contributed by atoms with Gasteiger partial charge >= 0.3 is 0 Å². The van der Waals surface area contributed by atoms with Crippen LogP contribution in [0.1, 0.15) is 39.7 Å². The first-order valence-corrected chi connectivity index (χ1v) is 9.67. The van der Waals surface area contributed by atoms with E-state index in [1.165, 1.54) is 0 Å². The first-order chi connectivity index (χ1) is 10.6. The highest BCUT2D eigenvalue weighted by molar-refractivity contribution is 7.92. The Balaban J connectivity index is 2.76. The fourth-order valence-electron chi connectivity index (χ4n) is 2.52. The van der Waals surface area contributed by atoms with E-state index in [1.807, 2.05) is 24.3 Å². The normalized spacial score (nSPS) is 12.4. The van der Waals surface area contributed by atoms with E-state index in [0.29, 0.717) is 5.82 Å². The summed E-state index contributed by atoms with van der Waals surface area (Å²) < 4.78 is 26.0. The van der Waals surface area contributed by atoms with Gasteiger partial charge in [0.25, 0.3) is 0 Å². The second-order valence-electron chi connectivity index (χ2n) is 6.83. The Morgan fingerprint density at radius 3 is 2.39 bits per heavy atom. The van der Waals surface area contributed by atoms with Gasteiger partial charge in [-0.2, -0.15) is 0 Å². The Labute approximate surface area is 138 Å². The number of benzene rings is 1. The lowest BCUT2D eigenvalue weighted by Crippen LogP contribution is -2.27. The summed E-state index contributed by atoms with van der Waals surface area (Å²) >= 11 is 0. The zero-order valence-electron chi connectivity index (χ0n) is 14.4. The van der Waals surface area contributed by atoms with Crippen molar-refractivity contribution in [2.75, 3.05) is 16.3 Å². The van der Waals surface area contributed by atoms with Crippen molar-refractivity contribution in [2.45, 2.75) is 46.1 Å². The summed E-state index contributed by atoms with van der Waals surface area (Å²) in [5.74, 6) is 0.416. The van der Waals surface area contributed by atoms with Crippen LogP contribution in [0.4, 0.5) is 11.5 Å². The molecule has 0 radical (unpaired) electrons. The number of nitrogens with one attached hydrogen (secondary N) is 2. The molecule has 0 saturated carbocycles. The van der Waals surface area contributed by atoms with Crippen LogP contribution in [0.5, 0.6) is 0 Å². The minimum atomic E-state index is -3.39. The van der Waals surface area contributed by atoms with Gasteiger partial charge in [0.15, 0.2) is 0 Å². The minimum absolute atomic E-state index is 0.144. The molecule has 0 aliphatic rings. The largest absolute Gasteiger partial charge is 0.380 e. The number of rotatable bonds is 5. The van der Waals surface area contributed by atoms with Gasteiger partial charge in [-0.1, -0.05) is 31.5 Å². The molecule has 0 fully saturated rings. The lowest BCUT2D eigenvalue weighted by Gasteiger charge is -2.26. The van der Waals surface area contributed by atoms with Crippen molar-refractivity contribution < 1.29 is 8.42 Å². The summed E-state index contributed by atoms with van der Waals surface area (Å²) in [6.45, 7) is 8.32. The molecular weight excluding hydrogens is 310 g/mol. The van der Waals surface area contributed by atoms with E-state index in [-0.39, 0.29) is 5.54 Å². The summed E-state index contributed by atoms with van der Waals surface area (Å²) in [4.78, 5) is 4.54. The van der Waals surface area contributed by atoms with E-state index in [4.69, 9.17) is 0 Å². The van der Waals surface area contributed by atoms with Gasteiger partial charge in [0.05, 0.1) is 17.5 Å². The molecule has 0 atom stereocenters. The monoisotopic (exact) mass is 335 g/mol. The third kappa shape index (κ3) is 4.58. The maximum atomic E-state index is 11.7. The smallest absolute Gasteiger partial charge is 0.230 e. The molecule has 0 spiro atoms. The van der Waals surface area contributed by atoms with Crippen LogP contribution in [-0.2, 0) is 16.4 Å². The zero-order valence-corrected chi connectivity index (χ0v) is 15.2. The Morgan fingerprint density at radius 2 is 1.83 bits per heavy atom. The third-order valence-electron chi connectivity index (χ3n) is 3.28. The van der Waals surface area contributed by atoms with Crippen LogP contribution in [0.25, 0.3) is 10.9 Å². The molecule has 126 valence electrons.